The van der Waals surface area contributed by atoms with E-state index in [9.17, 15) is 4.79 Å². The molecule has 5 nitrogen and oxygen atoms in total. The van der Waals surface area contributed by atoms with Gasteiger partial charge in [0, 0.05) is 24.4 Å². The number of amides is 1. The summed E-state index contributed by atoms with van der Waals surface area (Å²) in [6.07, 6.45) is 0. The van der Waals surface area contributed by atoms with Gasteiger partial charge in [-0.3, -0.25) is 10.1 Å². The molecule has 0 aliphatic heterocycles. The van der Waals surface area contributed by atoms with Crippen LogP contribution in [0.4, 0.5) is 17.1 Å². The summed E-state index contributed by atoms with van der Waals surface area (Å²) in [6.45, 7) is 6.40. The third-order valence-corrected chi connectivity index (χ3v) is 5.78. The van der Waals surface area contributed by atoms with Crippen molar-refractivity contribution in [2.24, 2.45) is 0 Å². The Kier molecular flexibility index (Phi) is 7.61. The van der Waals surface area contributed by atoms with Gasteiger partial charge in [-0.25, -0.2) is 0 Å². The van der Waals surface area contributed by atoms with E-state index in [1.807, 2.05) is 66.5 Å². The number of carbonyl (C=O) groups excluding carboxylic acids is 1. The molecule has 0 bridgehead atoms. The predicted octanol–water partition coefficient (Wildman–Crippen LogP) is 6.54. The number of nitrogens with zero attached hydrogens (tertiary/aromatic N) is 1. The Hall–Kier alpha value is -3.09. The van der Waals surface area contributed by atoms with E-state index in [0.717, 1.165) is 16.9 Å². The van der Waals surface area contributed by atoms with Crippen molar-refractivity contribution in [1.29, 1.82) is 0 Å². The van der Waals surface area contributed by atoms with Crippen molar-refractivity contribution in [3.8, 4) is 5.75 Å². The van der Waals surface area contributed by atoms with Crippen LogP contribution in [0.25, 0.3) is 0 Å². The van der Waals surface area contributed by atoms with Crippen molar-refractivity contribution in [3.05, 3.63) is 82.9 Å². The average Bonchev–Trinajstić information content (AvgIpc) is 2.78. The minimum Gasteiger partial charge on any atom is -0.494 e. The zero-order valence-corrected chi connectivity index (χ0v) is 21.0. The molecule has 0 spiro atoms. The topological polar surface area (TPSA) is 53.6 Å². The molecule has 3 rings (SSSR count). The first-order chi connectivity index (χ1) is 15.6. The molecule has 7 heteroatoms. The van der Waals surface area contributed by atoms with Crippen molar-refractivity contribution >= 4 is 51.9 Å². The smallest absolute Gasteiger partial charge is 0.257 e. The number of carbonyl (C=O) groups is 1. The molecule has 0 aliphatic carbocycles. The van der Waals surface area contributed by atoms with Crippen LogP contribution in [-0.2, 0) is 5.41 Å². The van der Waals surface area contributed by atoms with Gasteiger partial charge in [-0.05, 0) is 59.6 Å². The van der Waals surface area contributed by atoms with E-state index >= 15 is 0 Å². The number of anilines is 3. The number of halogens is 1. The summed E-state index contributed by atoms with van der Waals surface area (Å²) < 4.78 is 5.58. The van der Waals surface area contributed by atoms with Gasteiger partial charge in [0.1, 0.15) is 5.75 Å². The zero-order chi connectivity index (χ0) is 24.2. The molecule has 3 aromatic rings. The molecule has 0 fully saturated rings. The van der Waals surface area contributed by atoms with E-state index in [1.165, 1.54) is 0 Å². The van der Waals surface area contributed by atoms with Crippen LogP contribution in [0.5, 0.6) is 5.75 Å². The Morgan fingerprint density at radius 1 is 1.00 bits per heavy atom. The van der Waals surface area contributed by atoms with E-state index < -0.39 is 0 Å². The fourth-order valence-corrected chi connectivity index (χ4v) is 3.82. The third kappa shape index (κ3) is 6.03. The number of hydrogen-bond acceptors (Lipinski definition) is 4. The van der Waals surface area contributed by atoms with E-state index in [0.29, 0.717) is 22.0 Å². The molecule has 0 heterocycles. The van der Waals surface area contributed by atoms with Crippen molar-refractivity contribution in [1.82, 2.24) is 5.32 Å². The summed E-state index contributed by atoms with van der Waals surface area (Å²) in [5.74, 6) is 0.365. The second-order valence-electron chi connectivity index (χ2n) is 8.63. The second-order valence-corrected chi connectivity index (χ2v) is 9.45. The number of benzene rings is 3. The monoisotopic (exact) mass is 481 g/mol. The normalized spacial score (nSPS) is 11.0. The molecule has 0 aromatic heterocycles. The Bertz CT molecular complexity index is 1160. The number of thiocarbonyl (C=S) groups is 1. The van der Waals surface area contributed by atoms with Crippen LogP contribution in [-0.4, -0.2) is 25.2 Å². The minimum atomic E-state index is -0.269. The van der Waals surface area contributed by atoms with Gasteiger partial charge < -0.3 is 15.0 Å². The lowest BCUT2D eigenvalue weighted by Gasteiger charge is -2.23. The van der Waals surface area contributed by atoms with Crippen LogP contribution in [0.1, 0.15) is 36.7 Å². The Balaban J connectivity index is 1.70. The molecule has 0 saturated carbocycles. The Labute approximate surface area is 205 Å². The molecular formula is C26H28ClN3O2S. The minimum absolute atomic E-state index is 0.0248. The predicted molar refractivity (Wildman–Crippen MR) is 141 cm³/mol. The first-order valence-electron chi connectivity index (χ1n) is 10.5. The Morgan fingerprint density at radius 3 is 2.27 bits per heavy atom. The highest BCUT2D eigenvalue weighted by Gasteiger charge is 2.16. The van der Waals surface area contributed by atoms with Gasteiger partial charge in [0.05, 0.1) is 23.5 Å². The lowest BCUT2D eigenvalue weighted by atomic mass is 9.87. The number of para-hydroxylation sites is 1. The third-order valence-electron chi connectivity index (χ3n) is 5.25. The van der Waals surface area contributed by atoms with Crippen LogP contribution in [0.2, 0.25) is 5.02 Å². The highest BCUT2D eigenvalue weighted by atomic mass is 35.5. The first-order valence-corrected chi connectivity index (χ1v) is 11.3. The molecule has 1 amide bonds. The first kappa shape index (κ1) is 24.6. The van der Waals surface area contributed by atoms with Crippen molar-refractivity contribution in [2.45, 2.75) is 26.2 Å². The molecule has 3 aromatic carbocycles. The van der Waals surface area contributed by atoms with E-state index in [1.54, 1.807) is 19.2 Å². The lowest BCUT2D eigenvalue weighted by molar-refractivity contribution is 0.0977. The molecule has 2 N–H and O–H groups in total. The van der Waals surface area contributed by atoms with Gasteiger partial charge in [0.2, 0.25) is 0 Å². The molecule has 0 unspecified atom stereocenters. The van der Waals surface area contributed by atoms with Gasteiger partial charge in [-0.2, -0.15) is 0 Å². The summed E-state index contributed by atoms with van der Waals surface area (Å²) in [5, 5.41) is 6.61. The molecule has 33 heavy (non-hydrogen) atoms. The highest BCUT2D eigenvalue weighted by Crippen LogP contribution is 2.37. The van der Waals surface area contributed by atoms with Gasteiger partial charge >= 0.3 is 0 Å². The summed E-state index contributed by atoms with van der Waals surface area (Å²) >= 11 is 11.7. The average molecular weight is 482 g/mol. The second kappa shape index (κ2) is 10.2. The lowest BCUT2D eigenvalue weighted by Crippen LogP contribution is -2.34. The number of methoxy groups -OCH3 is 1. The molecule has 172 valence electrons. The maximum Gasteiger partial charge on any atom is 0.257 e. The molecule has 0 aliphatic rings. The Morgan fingerprint density at radius 2 is 1.67 bits per heavy atom. The summed E-state index contributed by atoms with van der Waals surface area (Å²) in [7, 11) is 3.52. The zero-order valence-electron chi connectivity index (χ0n) is 19.4. The molecule has 0 atom stereocenters. The van der Waals surface area contributed by atoms with E-state index in [2.05, 4.69) is 31.4 Å². The van der Waals surface area contributed by atoms with Crippen LogP contribution < -0.4 is 20.3 Å². The molecule has 0 saturated heterocycles. The van der Waals surface area contributed by atoms with Gasteiger partial charge in [-0.1, -0.05) is 56.6 Å². The van der Waals surface area contributed by atoms with Crippen LogP contribution in [0.15, 0.2) is 66.7 Å². The van der Waals surface area contributed by atoms with Crippen molar-refractivity contribution < 1.29 is 9.53 Å². The summed E-state index contributed by atoms with van der Waals surface area (Å²) in [6, 6.07) is 20.7. The number of rotatable bonds is 5. The van der Waals surface area contributed by atoms with Crippen molar-refractivity contribution in [2.75, 3.05) is 24.4 Å². The maximum atomic E-state index is 12.6. The number of nitrogens with one attached hydrogen (secondary N) is 2. The number of hydrogen-bond donors (Lipinski definition) is 2. The van der Waals surface area contributed by atoms with E-state index in [-0.39, 0.29) is 16.4 Å². The largest absolute Gasteiger partial charge is 0.494 e. The highest BCUT2D eigenvalue weighted by molar-refractivity contribution is 7.80. The number of ether oxygens (including phenoxy) is 1. The van der Waals surface area contributed by atoms with Crippen LogP contribution in [0, 0.1) is 0 Å². The standard InChI is InChI=1S/C26H28ClN3O2S/c1-26(2,3)18-12-10-17(11-13-18)24(31)29-25(33)28-19-14-15-22(23(16-19)32-5)30(4)21-9-7-6-8-20(21)27/h6-16H,1-5H3,(H2,28,29,31,33). The summed E-state index contributed by atoms with van der Waals surface area (Å²) in [4.78, 5) is 14.5. The summed E-state index contributed by atoms with van der Waals surface area (Å²) in [5.41, 5.74) is 4.12. The van der Waals surface area contributed by atoms with Gasteiger partial charge in [-0.15, -0.1) is 0 Å². The molecule has 0 radical (unpaired) electrons. The van der Waals surface area contributed by atoms with Crippen molar-refractivity contribution in [3.63, 3.8) is 0 Å². The van der Waals surface area contributed by atoms with Gasteiger partial charge in [0.25, 0.3) is 5.91 Å². The van der Waals surface area contributed by atoms with Gasteiger partial charge in [0.15, 0.2) is 5.11 Å². The SMILES string of the molecule is COc1cc(NC(=S)NC(=O)c2ccc(C(C)(C)C)cc2)ccc1N(C)c1ccccc1Cl. The van der Waals surface area contributed by atoms with Crippen LogP contribution in [0.3, 0.4) is 0 Å². The quantitative estimate of drug-likeness (QED) is 0.405. The maximum absolute atomic E-state index is 12.6. The fourth-order valence-electron chi connectivity index (χ4n) is 3.35. The molecular weight excluding hydrogens is 454 g/mol. The van der Waals surface area contributed by atoms with E-state index in [4.69, 9.17) is 28.6 Å². The van der Waals surface area contributed by atoms with Crippen LogP contribution >= 0.6 is 23.8 Å². The fraction of sp³-hybridized carbons (Fsp3) is 0.231.